The molecule has 2 aromatic heterocycles. The number of tetrazole rings is 1. The third kappa shape index (κ3) is 5.36. The average molecular weight is 638 g/mol. The highest BCUT2D eigenvalue weighted by Gasteiger charge is 2.41. The summed E-state index contributed by atoms with van der Waals surface area (Å²) in [6, 6.07) is 58.7. The molecule has 0 aliphatic carbocycles. The van der Waals surface area contributed by atoms with E-state index in [9.17, 15) is 0 Å². The van der Waals surface area contributed by atoms with Crippen molar-refractivity contribution in [1.29, 1.82) is 0 Å². The second kappa shape index (κ2) is 12.7. The summed E-state index contributed by atoms with van der Waals surface area (Å²) in [7, 11) is 0. The van der Waals surface area contributed by atoms with E-state index in [0.717, 1.165) is 54.9 Å². The van der Waals surface area contributed by atoms with E-state index in [-0.39, 0.29) is 0 Å². The summed E-state index contributed by atoms with van der Waals surface area (Å²) in [5, 5.41) is 15.8. The maximum Gasteiger partial charge on any atom is 0.205 e. The fourth-order valence-electron chi connectivity index (χ4n) is 6.46. The number of hydrogen-bond donors (Lipinski definition) is 0. The topological polar surface area (TPSA) is 56.5 Å². The first-order valence-electron chi connectivity index (χ1n) is 15.9. The van der Waals surface area contributed by atoms with E-state index in [1.807, 2.05) is 37.3 Å². The van der Waals surface area contributed by atoms with Gasteiger partial charge in [-0.15, -0.1) is 15.0 Å². The molecular weight excluding hydrogens is 607 g/mol. The molecule has 0 aliphatic heterocycles. The largest absolute Gasteiger partial charge is 0.253 e. The molecule has 0 saturated carbocycles. The first-order chi connectivity index (χ1) is 23.7. The zero-order valence-electron chi connectivity index (χ0n) is 26.3. The van der Waals surface area contributed by atoms with Gasteiger partial charge in [-0.25, -0.2) is 0 Å². The Bertz CT molecular complexity index is 2220. The summed E-state index contributed by atoms with van der Waals surface area (Å²) in [4.78, 5) is 8.85. The monoisotopic (exact) mass is 637 g/mol. The van der Waals surface area contributed by atoms with Crippen LogP contribution in [0, 0.1) is 6.92 Å². The summed E-state index contributed by atoms with van der Waals surface area (Å²) >= 11 is 1.76. The van der Waals surface area contributed by atoms with Gasteiger partial charge in [0.25, 0.3) is 0 Å². The maximum atomic E-state index is 5.16. The Kier molecular flexibility index (Phi) is 7.84. The van der Waals surface area contributed by atoms with Crippen molar-refractivity contribution in [1.82, 2.24) is 25.2 Å². The molecule has 0 spiro atoms. The fraction of sp³-hybridized carbons (Fsp3) is 0.0476. The number of aryl methyl sites for hydroxylation is 1. The van der Waals surface area contributed by atoms with Crippen LogP contribution >= 0.6 is 11.8 Å². The first kappa shape index (κ1) is 29.5. The maximum absolute atomic E-state index is 5.16. The third-order valence-corrected chi connectivity index (χ3v) is 9.72. The quantitative estimate of drug-likeness (QED) is 0.155. The van der Waals surface area contributed by atoms with Crippen LogP contribution in [-0.2, 0) is 5.54 Å². The van der Waals surface area contributed by atoms with Gasteiger partial charge in [0, 0.05) is 26.4 Å². The number of benzene rings is 6. The zero-order chi connectivity index (χ0) is 32.3. The molecular formula is C42H31N5S. The van der Waals surface area contributed by atoms with Crippen LogP contribution in [0.3, 0.4) is 0 Å². The summed E-state index contributed by atoms with van der Waals surface area (Å²) in [5.41, 5.74) is 7.38. The number of fused-ring (bicyclic) bond motifs is 1. The molecule has 0 amide bonds. The number of pyridine rings is 1. The standard InChI is InChI=1S/C42H31N5S/c1-30-29-40(38-23-13-14-24-39(38)43-30)48-35-27-25-31(26-28-35)36-21-11-12-22-37(36)41-44-46-47(45-41)42(32-15-5-2-6-16-32,33-17-7-3-8-18-33)34-19-9-4-10-20-34/h2-29H,1H3. The van der Waals surface area contributed by atoms with Crippen molar-refractivity contribution in [2.24, 2.45) is 0 Å². The summed E-state index contributed by atoms with van der Waals surface area (Å²) < 4.78 is 0. The Labute approximate surface area is 284 Å². The Morgan fingerprint density at radius 3 is 1.73 bits per heavy atom. The van der Waals surface area contributed by atoms with Crippen LogP contribution in [0.25, 0.3) is 33.4 Å². The first-order valence-corrected chi connectivity index (χ1v) is 16.7. The van der Waals surface area contributed by atoms with E-state index >= 15 is 0 Å². The Morgan fingerprint density at radius 1 is 0.562 bits per heavy atom. The number of rotatable bonds is 8. The SMILES string of the molecule is Cc1cc(Sc2ccc(-c3ccccc3-c3nnn(C(c4ccccc4)(c4ccccc4)c4ccccc4)n3)cc2)c2ccccc2n1. The van der Waals surface area contributed by atoms with Crippen molar-refractivity contribution >= 4 is 22.7 Å². The van der Waals surface area contributed by atoms with Crippen LogP contribution in [0.4, 0.5) is 0 Å². The number of para-hydroxylation sites is 1. The molecule has 0 radical (unpaired) electrons. The van der Waals surface area contributed by atoms with Crippen molar-refractivity contribution in [2.75, 3.05) is 0 Å². The number of hydrogen-bond acceptors (Lipinski definition) is 5. The second-order valence-corrected chi connectivity index (χ2v) is 12.8. The van der Waals surface area contributed by atoms with Crippen molar-refractivity contribution in [3.05, 3.63) is 192 Å². The molecule has 6 heteroatoms. The predicted molar refractivity (Wildman–Crippen MR) is 194 cm³/mol. The Morgan fingerprint density at radius 2 is 1.10 bits per heavy atom. The van der Waals surface area contributed by atoms with Gasteiger partial charge in [0.05, 0.1) is 5.52 Å². The molecule has 0 atom stereocenters. The van der Waals surface area contributed by atoms with Gasteiger partial charge in [-0.2, -0.15) is 0 Å². The molecule has 0 unspecified atom stereocenters. The van der Waals surface area contributed by atoms with Crippen molar-refractivity contribution < 1.29 is 0 Å². The molecule has 0 bridgehead atoms. The van der Waals surface area contributed by atoms with E-state index in [1.165, 1.54) is 4.90 Å². The average Bonchev–Trinajstić information content (AvgIpc) is 3.64. The van der Waals surface area contributed by atoms with Crippen LogP contribution in [0.5, 0.6) is 0 Å². The molecule has 2 heterocycles. The van der Waals surface area contributed by atoms with Crippen LogP contribution in [-0.4, -0.2) is 25.2 Å². The minimum atomic E-state index is -0.835. The molecule has 48 heavy (non-hydrogen) atoms. The minimum Gasteiger partial charge on any atom is -0.253 e. The van der Waals surface area contributed by atoms with Crippen LogP contribution in [0.15, 0.2) is 180 Å². The molecule has 5 nitrogen and oxygen atoms in total. The van der Waals surface area contributed by atoms with Gasteiger partial charge in [-0.1, -0.05) is 157 Å². The fourth-order valence-corrected chi connectivity index (χ4v) is 7.50. The Balaban J connectivity index is 1.20. The molecule has 6 aromatic carbocycles. The normalized spacial score (nSPS) is 11.5. The highest BCUT2D eigenvalue weighted by Crippen LogP contribution is 2.41. The predicted octanol–water partition coefficient (Wildman–Crippen LogP) is 9.86. The second-order valence-electron chi connectivity index (χ2n) is 11.7. The van der Waals surface area contributed by atoms with Gasteiger partial charge in [-0.3, -0.25) is 4.98 Å². The van der Waals surface area contributed by atoms with Gasteiger partial charge in [0.15, 0.2) is 5.54 Å². The summed E-state index contributed by atoms with van der Waals surface area (Å²) in [5.74, 6) is 0.565. The lowest BCUT2D eigenvalue weighted by Gasteiger charge is -2.34. The highest BCUT2D eigenvalue weighted by atomic mass is 32.2. The van der Waals surface area contributed by atoms with Gasteiger partial charge in [-0.05, 0) is 64.2 Å². The number of aromatic nitrogens is 5. The van der Waals surface area contributed by atoms with Crippen LogP contribution in [0.2, 0.25) is 0 Å². The highest BCUT2D eigenvalue weighted by molar-refractivity contribution is 7.99. The molecule has 0 fully saturated rings. The Hall–Kier alpha value is -5.85. The van der Waals surface area contributed by atoms with Crippen LogP contribution < -0.4 is 0 Å². The smallest absolute Gasteiger partial charge is 0.205 e. The summed E-state index contributed by atoms with van der Waals surface area (Å²) in [6.45, 7) is 2.05. The molecule has 0 saturated heterocycles. The van der Waals surface area contributed by atoms with E-state index in [0.29, 0.717) is 5.82 Å². The molecule has 8 rings (SSSR count). The van der Waals surface area contributed by atoms with E-state index in [2.05, 4.69) is 140 Å². The van der Waals surface area contributed by atoms with Crippen LogP contribution in [0.1, 0.15) is 22.4 Å². The van der Waals surface area contributed by atoms with Gasteiger partial charge >= 0.3 is 0 Å². The molecule has 0 aliphatic rings. The van der Waals surface area contributed by atoms with Crippen molar-refractivity contribution in [3.63, 3.8) is 0 Å². The van der Waals surface area contributed by atoms with Gasteiger partial charge in [0.2, 0.25) is 5.82 Å². The molecule has 230 valence electrons. The third-order valence-electron chi connectivity index (χ3n) is 8.66. The molecule has 8 aromatic rings. The van der Waals surface area contributed by atoms with Crippen molar-refractivity contribution in [2.45, 2.75) is 22.3 Å². The molecule has 0 N–H and O–H groups in total. The van der Waals surface area contributed by atoms with E-state index < -0.39 is 5.54 Å². The van der Waals surface area contributed by atoms with Crippen molar-refractivity contribution in [3.8, 4) is 22.5 Å². The van der Waals surface area contributed by atoms with E-state index in [1.54, 1.807) is 16.6 Å². The lowest BCUT2D eigenvalue weighted by Crippen LogP contribution is -2.39. The zero-order valence-corrected chi connectivity index (χ0v) is 27.1. The lowest BCUT2D eigenvalue weighted by atomic mass is 9.77. The number of nitrogens with zero attached hydrogens (tertiary/aromatic N) is 5. The van der Waals surface area contributed by atoms with Gasteiger partial charge in [0.1, 0.15) is 0 Å². The van der Waals surface area contributed by atoms with E-state index in [4.69, 9.17) is 20.4 Å². The minimum absolute atomic E-state index is 0.565. The summed E-state index contributed by atoms with van der Waals surface area (Å²) in [6.07, 6.45) is 0. The van der Waals surface area contributed by atoms with Gasteiger partial charge < -0.3 is 0 Å². The lowest BCUT2D eigenvalue weighted by molar-refractivity contribution is 0.396.